The molecular formula is C134H83N3O6. The Morgan fingerprint density at radius 3 is 0.832 bits per heavy atom. The van der Waals surface area contributed by atoms with Crippen molar-refractivity contribution in [1.29, 1.82) is 0 Å². The molecule has 9 heterocycles. The highest BCUT2D eigenvalue weighted by Crippen LogP contribution is 2.51. The Labute approximate surface area is 818 Å². The largest absolute Gasteiger partial charge is 0.456 e. The number of benzene rings is 22. The highest BCUT2D eigenvalue weighted by atomic mass is 16.4. The van der Waals surface area contributed by atoms with Crippen LogP contribution in [0.25, 0.3) is 292 Å². The lowest BCUT2D eigenvalue weighted by atomic mass is 9.95. The van der Waals surface area contributed by atoms with E-state index in [4.69, 9.17) is 26.5 Å². The molecule has 143 heavy (non-hydrogen) atoms. The molecule has 31 aromatic rings. The minimum absolute atomic E-state index is 0.849. The number of furan rings is 6. The van der Waals surface area contributed by atoms with Crippen LogP contribution in [0.2, 0.25) is 0 Å². The molecule has 0 fully saturated rings. The van der Waals surface area contributed by atoms with Gasteiger partial charge in [-0.3, -0.25) is 0 Å². The van der Waals surface area contributed by atoms with Gasteiger partial charge in [-0.15, -0.1) is 0 Å². The van der Waals surface area contributed by atoms with E-state index in [9.17, 15) is 0 Å². The summed E-state index contributed by atoms with van der Waals surface area (Å²) in [5.74, 6) is 0. The van der Waals surface area contributed by atoms with Crippen molar-refractivity contribution in [1.82, 2.24) is 13.7 Å². The van der Waals surface area contributed by atoms with Crippen molar-refractivity contribution in [3.63, 3.8) is 0 Å². The summed E-state index contributed by atoms with van der Waals surface area (Å²) < 4.78 is 46.6. The maximum atomic E-state index is 6.87. The summed E-state index contributed by atoms with van der Waals surface area (Å²) in [4.78, 5) is 0. The molecule has 9 heteroatoms. The molecule has 9 aromatic heterocycles. The van der Waals surface area contributed by atoms with E-state index in [-0.39, 0.29) is 0 Å². The zero-order valence-corrected chi connectivity index (χ0v) is 77.7. The number of aromatic nitrogens is 3. The summed E-state index contributed by atoms with van der Waals surface area (Å²) in [6, 6.07) is 166. The van der Waals surface area contributed by atoms with E-state index in [1.165, 1.54) is 99.0 Å². The number of para-hydroxylation sites is 7. The van der Waals surface area contributed by atoms with E-state index in [0.717, 1.165) is 204 Å². The molecule has 0 saturated carbocycles. The van der Waals surface area contributed by atoms with Crippen molar-refractivity contribution in [3.8, 4) is 95.0 Å². The number of hydrogen-bond donors (Lipinski definition) is 0. The molecule has 0 aliphatic heterocycles. The molecule has 0 spiro atoms. The molecule has 0 amide bonds. The first-order valence-corrected chi connectivity index (χ1v) is 48.7. The molecule has 0 N–H and O–H groups in total. The predicted molar refractivity (Wildman–Crippen MR) is 594 cm³/mol. The maximum absolute atomic E-state index is 6.87. The minimum atomic E-state index is 0.849. The first-order chi connectivity index (χ1) is 70.7. The quantitative estimate of drug-likeness (QED) is 0.135. The van der Waals surface area contributed by atoms with Gasteiger partial charge >= 0.3 is 0 Å². The topological polar surface area (TPSA) is 93.6 Å². The Hall–Kier alpha value is -19.0. The van der Waals surface area contributed by atoms with Gasteiger partial charge in [-0.2, -0.15) is 0 Å². The molecule has 0 radical (unpaired) electrons. The van der Waals surface area contributed by atoms with Gasteiger partial charge in [0.2, 0.25) is 0 Å². The minimum Gasteiger partial charge on any atom is -0.456 e. The van der Waals surface area contributed by atoms with Gasteiger partial charge in [0.15, 0.2) is 16.7 Å². The van der Waals surface area contributed by atoms with Crippen molar-refractivity contribution in [2.75, 3.05) is 0 Å². The average Bonchev–Trinajstić information content (AvgIpc) is 1.57. The van der Waals surface area contributed by atoms with Crippen LogP contribution in [0.3, 0.4) is 0 Å². The third-order valence-electron chi connectivity index (χ3n) is 29.3. The van der Waals surface area contributed by atoms with E-state index < -0.39 is 0 Å². The molecule has 31 rings (SSSR count). The first kappa shape index (κ1) is 81.2. The Bertz CT molecular complexity index is 10400. The van der Waals surface area contributed by atoms with Crippen molar-refractivity contribution in [2.24, 2.45) is 0 Å². The Kier molecular flexibility index (Phi) is 18.4. The van der Waals surface area contributed by atoms with Gasteiger partial charge in [-0.25, -0.2) is 0 Å². The SMILES string of the molecule is Cc1ccc2c(c1)c1cc(C)ccc1n2-c1cccc2c1oc1cccc(-c3cccc4oc5ccccc5c34)c12.c1ccc(-c2ccc3c(c2)c2cc(-c4ccccc4)ccc2n3-c2cccc3c2oc2cccc(-c4ccc5c(c4)oc4ccccc45)c23)cc1.c1ccc(-c2ccc3c(c2)c2cc(-c4ccccc4)ccc2n3-c2cccc3c2oc2cccc(-c4cccc5c4oc4ccccc45)c23)cc1. The number of rotatable bonds is 10. The average molecular weight is 1830 g/mol. The molecule has 0 aliphatic rings. The fourth-order valence-electron chi connectivity index (χ4n) is 22.9. The van der Waals surface area contributed by atoms with Crippen LogP contribution in [0, 0.1) is 13.8 Å². The fourth-order valence-corrected chi connectivity index (χ4v) is 22.9. The second-order valence-electron chi connectivity index (χ2n) is 37.6. The number of fused-ring (bicyclic) bond motifs is 27. The standard InChI is InChI=1S/2C48H29NO2.C38H25NO2/c1-3-12-30(13-4-1)32-24-26-41-39(28-32)40-29-33(31-14-5-2-6-15-31)25-27-42(40)49(41)43-21-10-20-38-46-35(17-11-23-45(46)51-48(38)43)37-19-9-18-36-34-16-7-8-22-44(34)50-47(36)37;1-3-11-30(12-4-1)32-22-25-41-39(27-32)40-28-33(31-13-5-2-6-14-31)23-26-42(40)49(41)43-18-9-17-38-47-35(16-10-20-45(47)51-48(38)43)34-21-24-37-36-15-7-8-19-44(36)50-46(37)29-34;1-22-16-18-30-28(20-22)29-21-23(2)17-19-31(29)39(30)32-12-5-11-27-37-25(10-7-15-35(37)41-38(27)32)24-9-6-14-34-36(24)26-8-3-4-13-33(26)40-34/h2*1-29H;3-21H,1-2H3. The van der Waals surface area contributed by atoms with Crippen LogP contribution in [-0.2, 0) is 0 Å². The summed E-state index contributed by atoms with van der Waals surface area (Å²) in [7, 11) is 0. The summed E-state index contributed by atoms with van der Waals surface area (Å²) in [5.41, 5.74) is 39.3. The van der Waals surface area contributed by atoms with E-state index >= 15 is 0 Å². The molecule has 0 aliphatic carbocycles. The zero-order valence-electron chi connectivity index (χ0n) is 77.7. The van der Waals surface area contributed by atoms with Crippen molar-refractivity contribution >= 4 is 197 Å². The monoisotopic (exact) mass is 1830 g/mol. The van der Waals surface area contributed by atoms with Gasteiger partial charge in [0.1, 0.15) is 50.2 Å². The zero-order chi connectivity index (χ0) is 94.2. The highest BCUT2D eigenvalue weighted by molar-refractivity contribution is 6.25. The summed E-state index contributed by atoms with van der Waals surface area (Å²) in [5, 5.41) is 20.7. The molecule has 0 saturated heterocycles. The Balaban J connectivity index is 0.000000103. The van der Waals surface area contributed by atoms with E-state index in [1.54, 1.807) is 0 Å². The van der Waals surface area contributed by atoms with Gasteiger partial charge in [-0.05, 0) is 232 Å². The lowest BCUT2D eigenvalue weighted by Crippen LogP contribution is -1.94. The van der Waals surface area contributed by atoms with E-state index in [0.29, 0.717) is 0 Å². The number of aryl methyl sites for hydroxylation is 2. The van der Waals surface area contributed by atoms with Gasteiger partial charge < -0.3 is 40.2 Å². The van der Waals surface area contributed by atoms with Crippen LogP contribution < -0.4 is 0 Å². The Morgan fingerprint density at radius 1 is 0.140 bits per heavy atom. The summed E-state index contributed by atoms with van der Waals surface area (Å²) >= 11 is 0. The predicted octanol–water partition coefficient (Wildman–Crippen LogP) is 38.0. The molecular weight excluding hydrogens is 1750 g/mol. The normalized spacial score (nSPS) is 12.0. The second-order valence-corrected chi connectivity index (χ2v) is 37.6. The van der Waals surface area contributed by atoms with Crippen LogP contribution >= 0.6 is 0 Å². The molecule has 670 valence electrons. The van der Waals surface area contributed by atoms with Crippen molar-refractivity contribution in [3.05, 3.63) is 478 Å². The van der Waals surface area contributed by atoms with Gasteiger partial charge in [0.25, 0.3) is 0 Å². The highest BCUT2D eigenvalue weighted by Gasteiger charge is 2.28. The van der Waals surface area contributed by atoms with Crippen LogP contribution in [0.1, 0.15) is 11.1 Å². The fraction of sp³-hybridized carbons (Fsp3) is 0.0149. The second kappa shape index (κ2) is 32.3. The van der Waals surface area contributed by atoms with Crippen molar-refractivity contribution in [2.45, 2.75) is 13.8 Å². The van der Waals surface area contributed by atoms with Crippen LogP contribution in [0.15, 0.2) is 494 Å². The summed E-state index contributed by atoms with van der Waals surface area (Å²) in [6.07, 6.45) is 0. The molecule has 22 aromatic carbocycles. The third kappa shape index (κ3) is 13.0. The molecule has 9 nitrogen and oxygen atoms in total. The maximum Gasteiger partial charge on any atom is 0.159 e. The van der Waals surface area contributed by atoms with Crippen LogP contribution in [-0.4, -0.2) is 13.7 Å². The summed E-state index contributed by atoms with van der Waals surface area (Å²) in [6.45, 7) is 4.31. The van der Waals surface area contributed by atoms with Crippen molar-refractivity contribution < 1.29 is 26.5 Å². The smallest absolute Gasteiger partial charge is 0.159 e. The van der Waals surface area contributed by atoms with Crippen LogP contribution in [0.4, 0.5) is 0 Å². The third-order valence-corrected chi connectivity index (χ3v) is 29.3. The Morgan fingerprint density at radius 2 is 0.406 bits per heavy atom. The van der Waals surface area contributed by atoms with Gasteiger partial charge in [0.05, 0.1) is 50.2 Å². The number of hydrogen-bond acceptors (Lipinski definition) is 6. The first-order valence-electron chi connectivity index (χ1n) is 48.7. The van der Waals surface area contributed by atoms with E-state index in [1.807, 2.05) is 36.4 Å². The number of nitrogens with zero attached hydrogens (tertiary/aromatic N) is 3. The lowest BCUT2D eigenvalue weighted by molar-refractivity contribution is 0.666. The molecule has 0 unspecified atom stereocenters. The lowest BCUT2D eigenvalue weighted by Gasteiger charge is -2.10. The van der Waals surface area contributed by atoms with E-state index in [2.05, 4.69) is 458 Å². The van der Waals surface area contributed by atoms with Crippen LogP contribution in [0.5, 0.6) is 0 Å². The van der Waals surface area contributed by atoms with Gasteiger partial charge in [-0.1, -0.05) is 333 Å². The molecule has 0 atom stereocenters. The molecule has 0 bridgehead atoms. The van der Waals surface area contributed by atoms with Gasteiger partial charge in [0, 0.05) is 103 Å².